The number of halogens is 1. The summed E-state index contributed by atoms with van der Waals surface area (Å²) in [5.74, 6) is -1.53. The Balaban J connectivity index is 2.00. The number of likely N-dealkylation sites (tertiary alicyclic amines) is 1. The second kappa shape index (κ2) is 5.84. The first-order valence-corrected chi connectivity index (χ1v) is 7.09. The highest BCUT2D eigenvalue weighted by Crippen LogP contribution is 2.31. The van der Waals surface area contributed by atoms with Gasteiger partial charge in [-0.05, 0) is 30.9 Å². The molecule has 4 nitrogen and oxygen atoms in total. The van der Waals surface area contributed by atoms with E-state index in [1.807, 2.05) is 6.92 Å². The molecule has 1 N–H and O–H groups in total. The Hall–Kier alpha value is -1.91. The zero-order valence-corrected chi connectivity index (χ0v) is 12.3. The molecule has 0 unspecified atom stereocenters. The number of carboxylic acid groups (broad SMARTS) is 1. The van der Waals surface area contributed by atoms with Crippen LogP contribution in [0.5, 0.6) is 0 Å². The predicted molar refractivity (Wildman–Crippen MR) is 76.4 cm³/mol. The number of aliphatic carboxylic acids is 1. The molecule has 1 amide bonds. The molecule has 0 spiro atoms. The lowest BCUT2D eigenvalue weighted by molar-refractivity contribution is -0.147. The quantitative estimate of drug-likeness (QED) is 0.928. The van der Waals surface area contributed by atoms with E-state index in [0.717, 1.165) is 0 Å². The van der Waals surface area contributed by atoms with E-state index in [1.54, 1.807) is 30.0 Å². The molecule has 0 radical (unpaired) electrons. The molecule has 1 saturated heterocycles. The Morgan fingerprint density at radius 1 is 1.43 bits per heavy atom. The molecule has 0 saturated carbocycles. The Morgan fingerprint density at radius 2 is 2.10 bits per heavy atom. The smallest absolute Gasteiger partial charge is 0.311 e. The van der Waals surface area contributed by atoms with Crippen LogP contribution in [-0.4, -0.2) is 35.0 Å². The molecule has 1 heterocycles. The van der Waals surface area contributed by atoms with Crippen molar-refractivity contribution in [3.8, 4) is 0 Å². The number of rotatable bonds is 4. The molecule has 2 atom stereocenters. The molecule has 5 heteroatoms. The summed E-state index contributed by atoms with van der Waals surface area (Å²) in [6.07, 6.45) is 0.652. The first kappa shape index (κ1) is 15.5. The summed E-state index contributed by atoms with van der Waals surface area (Å²) in [6.45, 7) is 4.14. The van der Waals surface area contributed by atoms with E-state index in [9.17, 15) is 19.1 Å². The lowest BCUT2D eigenvalue weighted by Crippen LogP contribution is -2.35. The molecule has 1 aromatic rings. The first-order valence-electron chi connectivity index (χ1n) is 7.09. The summed E-state index contributed by atoms with van der Waals surface area (Å²) in [6, 6.07) is 6.43. The maximum absolute atomic E-state index is 13.7. The maximum atomic E-state index is 13.7. The summed E-state index contributed by atoms with van der Waals surface area (Å²) in [7, 11) is 0. The van der Waals surface area contributed by atoms with Crippen LogP contribution in [0, 0.1) is 11.2 Å². The predicted octanol–water partition coefficient (Wildman–Crippen LogP) is 2.64. The van der Waals surface area contributed by atoms with Crippen LogP contribution in [0.2, 0.25) is 0 Å². The van der Waals surface area contributed by atoms with Crippen molar-refractivity contribution in [3.05, 3.63) is 35.6 Å². The van der Waals surface area contributed by atoms with Gasteiger partial charge in [-0.3, -0.25) is 9.59 Å². The van der Waals surface area contributed by atoms with Gasteiger partial charge < -0.3 is 10.0 Å². The monoisotopic (exact) mass is 293 g/mol. The largest absolute Gasteiger partial charge is 0.481 e. The van der Waals surface area contributed by atoms with Gasteiger partial charge in [0, 0.05) is 19.5 Å². The number of benzene rings is 1. The zero-order valence-electron chi connectivity index (χ0n) is 12.3. The van der Waals surface area contributed by atoms with Gasteiger partial charge in [-0.2, -0.15) is 0 Å². The van der Waals surface area contributed by atoms with Crippen LogP contribution in [0.25, 0.3) is 0 Å². The highest BCUT2D eigenvalue weighted by Gasteiger charge is 2.42. The second-order valence-corrected chi connectivity index (χ2v) is 6.06. The normalized spacial score (nSPS) is 23.1. The summed E-state index contributed by atoms with van der Waals surface area (Å²) >= 11 is 0. The van der Waals surface area contributed by atoms with Crippen LogP contribution in [-0.2, 0) is 9.59 Å². The highest BCUT2D eigenvalue weighted by atomic mass is 19.1. The van der Waals surface area contributed by atoms with Gasteiger partial charge in [0.15, 0.2) is 0 Å². The molecular formula is C16H20FNO3. The van der Waals surface area contributed by atoms with Gasteiger partial charge in [-0.25, -0.2) is 4.39 Å². The van der Waals surface area contributed by atoms with Gasteiger partial charge in [-0.1, -0.05) is 25.1 Å². The third kappa shape index (κ3) is 3.23. The highest BCUT2D eigenvalue weighted by molar-refractivity contribution is 5.81. The molecule has 1 aliphatic rings. The fourth-order valence-corrected chi connectivity index (χ4v) is 2.72. The van der Waals surface area contributed by atoms with Crippen molar-refractivity contribution in [1.29, 1.82) is 0 Å². The average molecular weight is 293 g/mol. The van der Waals surface area contributed by atoms with Gasteiger partial charge in [0.25, 0.3) is 0 Å². The Morgan fingerprint density at radius 3 is 2.67 bits per heavy atom. The lowest BCUT2D eigenvalue weighted by atomic mass is 9.90. The molecule has 1 aromatic carbocycles. The first-order chi connectivity index (χ1) is 9.83. The van der Waals surface area contributed by atoms with Crippen molar-refractivity contribution in [2.45, 2.75) is 32.6 Å². The minimum Gasteiger partial charge on any atom is -0.481 e. The third-order valence-electron chi connectivity index (χ3n) is 4.26. The van der Waals surface area contributed by atoms with Crippen molar-refractivity contribution in [3.63, 3.8) is 0 Å². The standard InChI is InChI=1S/C16H20FNO3/c1-11(12-5-3-4-6-13(12)17)9-14(19)18-8-7-16(2,10-18)15(20)21/h3-6,11H,7-10H2,1-2H3,(H,20,21)/t11-,16-/m0/s1. The van der Waals surface area contributed by atoms with Crippen molar-refractivity contribution in [2.75, 3.05) is 13.1 Å². The fourth-order valence-electron chi connectivity index (χ4n) is 2.72. The maximum Gasteiger partial charge on any atom is 0.311 e. The number of hydrogen-bond acceptors (Lipinski definition) is 2. The van der Waals surface area contributed by atoms with E-state index >= 15 is 0 Å². The van der Waals surface area contributed by atoms with Gasteiger partial charge in [-0.15, -0.1) is 0 Å². The van der Waals surface area contributed by atoms with Gasteiger partial charge in [0.2, 0.25) is 5.91 Å². The van der Waals surface area contributed by atoms with Gasteiger partial charge in [0.1, 0.15) is 5.82 Å². The summed E-state index contributed by atoms with van der Waals surface area (Å²) in [4.78, 5) is 25.0. The van der Waals surface area contributed by atoms with Gasteiger partial charge >= 0.3 is 5.97 Å². The van der Waals surface area contributed by atoms with E-state index in [4.69, 9.17) is 0 Å². The molecule has 1 aliphatic heterocycles. The van der Waals surface area contributed by atoms with Crippen LogP contribution < -0.4 is 0 Å². The van der Waals surface area contributed by atoms with E-state index < -0.39 is 11.4 Å². The number of hydrogen-bond donors (Lipinski definition) is 1. The number of nitrogens with zero attached hydrogens (tertiary/aromatic N) is 1. The molecular weight excluding hydrogens is 273 g/mol. The van der Waals surface area contributed by atoms with Crippen LogP contribution in [0.4, 0.5) is 4.39 Å². The number of amides is 1. The van der Waals surface area contributed by atoms with Crippen LogP contribution in [0.1, 0.15) is 38.2 Å². The summed E-state index contributed by atoms with van der Waals surface area (Å²) < 4.78 is 13.7. The molecule has 0 aliphatic carbocycles. The number of carbonyl (C=O) groups is 2. The fraction of sp³-hybridized carbons (Fsp3) is 0.500. The summed E-state index contributed by atoms with van der Waals surface area (Å²) in [5, 5.41) is 9.18. The van der Waals surface area contributed by atoms with Crippen LogP contribution >= 0.6 is 0 Å². The Labute approximate surface area is 123 Å². The molecule has 114 valence electrons. The van der Waals surface area contributed by atoms with Crippen LogP contribution in [0.3, 0.4) is 0 Å². The van der Waals surface area contributed by atoms with E-state index in [2.05, 4.69) is 0 Å². The zero-order chi connectivity index (χ0) is 15.6. The second-order valence-electron chi connectivity index (χ2n) is 6.06. The van der Waals surface area contributed by atoms with Crippen molar-refractivity contribution in [1.82, 2.24) is 4.90 Å². The van der Waals surface area contributed by atoms with Crippen molar-refractivity contribution < 1.29 is 19.1 Å². The topological polar surface area (TPSA) is 57.6 Å². The molecule has 21 heavy (non-hydrogen) atoms. The SMILES string of the molecule is C[C@@H](CC(=O)N1CC[C@](C)(C(=O)O)C1)c1ccccc1F. The van der Waals surface area contributed by atoms with E-state index in [1.165, 1.54) is 6.07 Å². The van der Waals surface area contributed by atoms with Crippen molar-refractivity contribution >= 4 is 11.9 Å². The number of carboxylic acids is 1. The lowest BCUT2D eigenvalue weighted by Gasteiger charge is -2.22. The minimum atomic E-state index is -0.875. The Kier molecular flexibility index (Phi) is 4.30. The number of carbonyl (C=O) groups excluding carboxylic acids is 1. The molecule has 0 bridgehead atoms. The summed E-state index contributed by atoms with van der Waals surface area (Å²) in [5.41, 5.74) is -0.345. The van der Waals surface area contributed by atoms with E-state index in [-0.39, 0.29) is 30.6 Å². The third-order valence-corrected chi connectivity index (χ3v) is 4.26. The van der Waals surface area contributed by atoms with E-state index in [0.29, 0.717) is 18.5 Å². The Bertz CT molecular complexity index is 560. The molecule has 1 fully saturated rings. The minimum absolute atomic E-state index is 0.115. The van der Waals surface area contributed by atoms with Crippen molar-refractivity contribution in [2.24, 2.45) is 5.41 Å². The molecule has 2 rings (SSSR count). The van der Waals surface area contributed by atoms with Gasteiger partial charge in [0.05, 0.1) is 5.41 Å². The molecule has 0 aromatic heterocycles. The average Bonchev–Trinajstić information content (AvgIpc) is 2.83. The van der Waals surface area contributed by atoms with Crippen LogP contribution in [0.15, 0.2) is 24.3 Å².